The van der Waals surface area contributed by atoms with Gasteiger partial charge in [-0.15, -0.1) is 10.3 Å². The Morgan fingerprint density at radius 1 is 1.75 bits per heavy atom. The van der Waals surface area contributed by atoms with Gasteiger partial charge in [0.2, 0.25) is 0 Å². The Kier molecular flexibility index (Phi) is 1.83. The van der Waals surface area contributed by atoms with E-state index >= 15 is 0 Å². The van der Waals surface area contributed by atoms with Crippen LogP contribution in [0.1, 0.15) is 12.8 Å². The molecule has 1 aliphatic rings. The highest BCUT2D eigenvalue weighted by Gasteiger charge is 2.22. The highest BCUT2D eigenvalue weighted by molar-refractivity contribution is 4.70. The van der Waals surface area contributed by atoms with Crippen molar-refractivity contribution in [2.75, 3.05) is 13.2 Å². The molecule has 1 fully saturated rings. The molecule has 0 aliphatic carbocycles. The molecule has 1 radical (unpaired) electrons. The number of aliphatic hydroxyl groups is 1. The Hall–Kier alpha value is -0.120. The molecule has 0 aromatic rings. The lowest BCUT2D eigenvalue weighted by molar-refractivity contribution is -0.173. The van der Waals surface area contributed by atoms with Crippen LogP contribution in [0.2, 0.25) is 0 Å². The van der Waals surface area contributed by atoms with Gasteiger partial charge in [-0.3, -0.25) is 0 Å². The van der Waals surface area contributed by atoms with Gasteiger partial charge in [-0.2, -0.15) is 0 Å². The maximum Gasteiger partial charge on any atom is 0.0615 e. The first kappa shape index (κ1) is 6.01. The fourth-order valence-corrected chi connectivity index (χ4v) is 0.992. The maximum atomic E-state index is 10.6. The van der Waals surface area contributed by atoms with Gasteiger partial charge in [0.05, 0.1) is 12.6 Å². The van der Waals surface area contributed by atoms with E-state index in [-0.39, 0.29) is 12.6 Å². The van der Waals surface area contributed by atoms with Crippen molar-refractivity contribution in [2.24, 2.45) is 0 Å². The second kappa shape index (κ2) is 2.44. The van der Waals surface area contributed by atoms with E-state index in [0.717, 1.165) is 17.9 Å². The third-order valence-electron chi connectivity index (χ3n) is 1.53. The average molecular weight is 116 g/mol. The standard InChI is InChI=1S/C5H10NO2/c7-4-5-2-1-3-6(5)8/h5,7H,1-4H2/t5-/m0/s1. The van der Waals surface area contributed by atoms with Gasteiger partial charge in [0.1, 0.15) is 0 Å². The average Bonchev–Trinajstić information content (AvgIpc) is 2.14. The molecule has 8 heavy (non-hydrogen) atoms. The zero-order chi connectivity index (χ0) is 5.98. The van der Waals surface area contributed by atoms with Crippen LogP contribution in [0.3, 0.4) is 0 Å². The minimum atomic E-state index is -0.102. The van der Waals surface area contributed by atoms with Gasteiger partial charge < -0.3 is 5.11 Å². The van der Waals surface area contributed by atoms with Crippen LogP contribution >= 0.6 is 0 Å². The zero-order valence-electron chi connectivity index (χ0n) is 4.71. The van der Waals surface area contributed by atoms with Crippen molar-refractivity contribution >= 4 is 0 Å². The summed E-state index contributed by atoms with van der Waals surface area (Å²) in [5.41, 5.74) is 0. The quantitative estimate of drug-likeness (QED) is 0.515. The first-order valence-corrected chi connectivity index (χ1v) is 2.89. The molecule has 1 rings (SSSR count). The van der Waals surface area contributed by atoms with Crippen molar-refractivity contribution < 1.29 is 10.3 Å². The number of rotatable bonds is 1. The molecule has 1 saturated heterocycles. The van der Waals surface area contributed by atoms with Gasteiger partial charge in [0.15, 0.2) is 0 Å². The van der Waals surface area contributed by atoms with Crippen LogP contribution in [0.5, 0.6) is 0 Å². The Labute approximate surface area is 48.5 Å². The molecule has 1 atom stereocenters. The van der Waals surface area contributed by atoms with Crippen LogP contribution in [-0.4, -0.2) is 29.4 Å². The largest absolute Gasteiger partial charge is 0.395 e. The van der Waals surface area contributed by atoms with Crippen molar-refractivity contribution in [1.82, 2.24) is 5.06 Å². The number of hydroxylamine groups is 2. The first-order valence-electron chi connectivity index (χ1n) is 2.89. The lowest BCUT2D eigenvalue weighted by Crippen LogP contribution is -2.27. The Bertz CT molecular complexity index is 76.8. The van der Waals surface area contributed by atoms with E-state index < -0.39 is 0 Å². The number of hydrogen-bond donors (Lipinski definition) is 1. The summed E-state index contributed by atoms with van der Waals surface area (Å²) in [5, 5.41) is 20.0. The highest BCUT2D eigenvalue weighted by Crippen LogP contribution is 2.13. The molecule has 0 saturated carbocycles. The predicted octanol–water partition coefficient (Wildman–Crippen LogP) is -0.211. The van der Waals surface area contributed by atoms with Crippen LogP contribution in [0, 0.1) is 0 Å². The normalized spacial score (nSPS) is 31.5. The fourth-order valence-electron chi connectivity index (χ4n) is 0.992. The van der Waals surface area contributed by atoms with Crippen molar-refractivity contribution in [3.05, 3.63) is 0 Å². The first-order chi connectivity index (χ1) is 3.84. The number of nitrogens with zero attached hydrogens (tertiary/aromatic N) is 1. The van der Waals surface area contributed by atoms with Crippen LogP contribution in [0.4, 0.5) is 0 Å². The van der Waals surface area contributed by atoms with E-state index in [1.165, 1.54) is 0 Å². The topological polar surface area (TPSA) is 43.4 Å². The minimum Gasteiger partial charge on any atom is -0.395 e. The van der Waals surface area contributed by atoms with Crippen molar-refractivity contribution in [3.63, 3.8) is 0 Å². The fraction of sp³-hybridized carbons (Fsp3) is 1.00. The molecule has 3 nitrogen and oxygen atoms in total. The van der Waals surface area contributed by atoms with E-state index in [1.54, 1.807) is 0 Å². The van der Waals surface area contributed by atoms with E-state index in [1.807, 2.05) is 0 Å². The van der Waals surface area contributed by atoms with Crippen LogP contribution in [0.15, 0.2) is 0 Å². The summed E-state index contributed by atoms with van der Waals surface area (Å²) in [6.45, 7) is 0.620. The molecule has 0 unspecified atom stereocenters. The van der Waals surface area contributed by atoms with Gasteiger partial charge in [-0.05, 0) is 12.8 Å². The molecule has 1 N–H and O–H groups in total. The van der Waals surface area contributed by atoms with Gasteiger partial charge in [-0.1, -0.05) is 0 Å². The molecular weight excluding hydrogens is 106 g/mol. The monoisotopic (exact) mass is 116 g/mol. The third kappa shape index (κ3) is 0.992. The Balaban J connectivity index is 2.30. The second-order valence-electron chi connectivity index (χ2n) is 2.12. The van der Waals surface area contributed by atoms with E-state index in [9.17, 15) is 5.21 Å². The van der Waals surface area contributed by atoms with Gasteiger partial charge in [0, 0.05) is 6.54 Å². The molecule has 47 valence electrons. The van der Waals surface area contributed by atoms with Crippen LogP contribution in [0.25, 0.3) is 0 Å². The highest BCUT2D eigenvalue weighted by atomic mass is 16.5. The predicted molar refractivity (Wildman–Crippen MR) is 27.5 cm³/mol. The SMILES string of the molecule is [O]N1CCC[C@H]1CO. The molecule has 1 heterocycles. The van der Waals surface area contributed by atoms with E-state index in [0.29, 0.717) is 6.54 Å². The van der Waals surface area contributed by atoms with Crippen LogP contribution < -0.4 is 0 Å². The van der Waals surface area contributed by atoms with Gasteiger partial charge >= 0.3 is 0 Å². The van der Waals surface area contributed by atoms with Gasteiger partial charge in [0.25, 0.3) is 0 Å². The Morgan fingerprint density at radius 2 is 2.50 bits per heavy atom. The summed E-state index contributed by atoms with van der Waals surface area (Å²) in [5.74, 6) is 0. The van der Waals surface area contributed by atoms with E-state index in [2.05, 4.69) is 0 Å². The summed E-state index contributed by atoms with van der Waals surface area (Å²) < 4.78 is 0. The Morgan fingerprint density at radius 3 is 2.75 bits per heavy atom. The molecule has 0 aromatic carbocycles. The second-order valence-corrected chi connectivity index (χ2v) is 2.12. The van der Waals surface area contributed by atoms with Crippen molar-refractivity contribution in [3.8, 4) is 0 Å². The minimum absolute atomic E-state index is 0.0174. The molecule has 0 spiro atoms. The number of aliphatic hydroxyl groups excluding tert-OH is 1. The molecular formula is C5H10NO2. The lowest BCUT2D eigenvalue weighted by Gasteiger charge is -2.09. The third-order valence-corrected chi connectivity index (χ3v) is 1.53. The molecule has 3 heteroatoms. The van der Waals surface area contributed by atoms with Crippen molar-refractivity contribution in [1.29, 1.82) is 0 Å². The molecule has 1 aliphatic heterocycles. The van der Waals surface area contributed by atoms with Crippen LogP contribution in [-0.2, 0) is 5.21 Å². The summed E-state index contributed by atoms with van der Waals surface area (Å²) in [6.07, 6.45) is 1.80. The molecule has 0 aromatic heterocycles. The zero-order valence-corrected chi connectivity index (χ0v) is 4.71. The lowest BCUT2D eigenvalue weighted by atomic mass is 10.2. The van der Waals surface area contributed by atoms with Crippen molar-refractivity contribution in [2.45, 2.75) is 18.9 Å². The summed E-state index contributed by atoms with van der Waals surface area (Å²) in [7, 11) is 0. The summed E-state index contributed by atoms with van der Waals surface area (Å²) >= 11 is 0. The molecule has 0 bridgehead atoms. The smallest absolute Gasteiger partial charge is 0.0615 e. The summed E-state index contributed by atoms with van der Waals surface area (Å²) in [4.78, 5) is 0. The summed E-state index contributed by atoms with van der Waals surface area (Å²) in [6, 6.07) is -0.102. The van der Waals surface area contributed by atoms with Gasteiger partial charge in [-0.25, -0.2) is 0 Å². The van der Waals surface area contributed by atoms with E-state index in [4.69, 9.17) is 5.11 Å². The number of hydrogen-bond acceptors (Lipinski definition) is 2. The molecule has 0 amide bonds. The maximum absolute atomic E-state index is 10.6.